The largest absolute Gasteiger partial charge is 0.350 e. The zero-order valence-corrected chi connectivity index (χ0v) is 17.5. The third-order valence-electron chi connectivity index (χ3n) is 4.74. The molecule has 0 heterocycles. The second-order valence-corrected chi connectivity index (χ2v) is 7.31. The number of hydrogen-bond donors (Lipinski definition) is 2. The molecule has 0 aromatic heterocycles. The van der Waals surface area contributed by atoms with E-state index in [9.17, 15) is 14.8 Å². The number of hydrogen-bond acceptors (Lipinski definition) is 4. The van der Waals surface area contributed by atoms with Gasteiger partial charge in [0.1, 0.15) is 0 Å². The van der Waals surface area contributed by atoms with Gasteiger partial charge in [0, 0.05) is 18.5 Å². The van der Waals surface area contributed by atoms with Gasteiger partial charge in [0.05, 0.1) is 6.54 Å². The minimum atomic E-state index is -0.334. The van der Waals surface area contributed by atoms with E-state index in [-0.39, 0.29) is 31.3 Å². The van der Waals surface area contributed by atoms with E-state index >= 15 is 0 Å². The predicted molar refractivity (Wildman–Crippen MR) is 115 cm³/mol. The number of nitrogens with zero attached hydrogens (tertiary/aromatic N) is 2. The fourth-order valence-corrected chi connectivity index (χ4v) is 2.92. The molecule has 0 spiro atoms. The van der Waals surface area contributed by atoms with Crippen LogP contribution in [0, 0.1) is 0 Å². The minimum Gasteiger partial charge on any atom is -0.350 e. The SMILES string of the molecule is CCc1ccc(-c2ccc(C(=O)NCCN(O)C(=O)CCCN(C)C)cc2)cc1. The first kappa shape index (κ1) is 22.6. The molecule has 0 atom stereocenters. The highest BCUT2D eigenvalue weighted by Crippen LogP contribution is 2.20. The van der Waals surface area contributed by atoms with Gasteiger partial charge in [0.15, 0.2) is 0 Å². The molecule has 0 aliphatic heterocycles. The fraction of sp³-hybridized carbons (Fsp3) is 0.391. The van der Waals surface area contributed by atoms with E-state index in [0.717, 1.165) is 24.1 Å². The molecule has 6 heteroatoms. The smallest absolute Gasteiger partial charge is 0.251 e. The molecule has 0 bridgehead atoms. The van der Waals surface area contributed by atoms with Crippen molar-refractivity contribution >= 4 is 11.8 Å². The second-order valence-electron chi connectivity index (χ2n) is 7.31. The Morgan fingerprint density at radius 2 is 1.52 bits per heavy atom. The zero-order valence-electron chi connectivity index (χ0n) is 17.5. The van der Waals surface area contributed by atoms with Crippen LogP contribution in [0.15, 0.2) is 48.5 Å². The highest BCUT2D eigenvalue weighted by molar-refractivity contribution is 5.94. The Morgan fingerprint density at radius 1 is 0.931 bits per heavy atom. The molecule has 6 nitrogen and oxygen atoms in total. The monoisotopic (exact) mass is 397 g/mol. The average molecular weight is 398 g/mol. The Bertz CT molecular complexity index is 786. The summed E-state index contributed by atoms with van der Waals surface area (Å²) in [6.45, 7) is 3.16. The summed E-state index contributed by atoms with van der Waals surface area (Å²) in [6, 6.07) is 15.8. The lowest BCUT2D eigenvalue weighted by atomic mass is 10.0. The van der Waals surface area contributed by atoms with Crippen LogP contribution in [0.1, 0.15) is 35.7 Å². The maximum Gasteiger partial charge on any atom is 0.251 e. The van der Waals surface area contributed by atoms with Crippen LogP contribution in [0.25, 0.3) is 11.1 Å². The van der Waals surface area contributed by atoms with E-state index in [2.05, 4.69) is 36.5 Å². The summed E-state index contributed by atoms with van der Waals surface area (Å²) in [4.78, 5) is 26.1. The van der Waals surface area contributed by atoms with Gasteiger partial charge in [-0.2, -0.15) is 0 Å². The molecule has 2 aromatic rings. The molecule has 2 amide bonds. The van der Waals surface area contributed by atoms with E-state index in [1.807, 2.05) is 31.1 Å². The van der Waals surface area contributed by atoms with E-state index < -0.39 is 0 Å². The molecular weight excluding hydrogens is 366 g/mol. The lowest BCUT2D eigenvalue weighted by molar-refractivity contribution is -0.165. The van der Waals surface area contributed by atoms with Gasteiger partial charge >= 0.3 is 0 Å². The van der Waals surface area contributed by atoms with Crippen LogP contribution in [0.5, 0.6) is 0 Å². The highest BCUT2D eigenvalue weighted by atomic mass is 16.5. The molecule has 0 radical (unpaired) electrons. The summed E-state index contributed by atoms with van der Waals surface area (Å²) >= 11 is 0. The summed E-state index contributed by atoms with van der Waals surface area (Å²) in [5, 5.41) is 13.2. The molecule has 2 aromatic carbocycles. The molecule has 2 rings (SSSR count). The van der Waals surface area contributed by atoms with Crippen LogP contribution >= 0.6 is 0 Å². The van der Waals surface area contributed by atoms with Crippen molar-refractivity contribution in [1.82, 2.24) is 15.3 Å². The van der Waals surface area contributed by atoms with Gasteiger partial charge in [-0.3, -0.25) is 14.8 Å². The Balaban J connectivity index is 1.79. The number of amides is 2. The number of carbonyl (C=O) groups excluding carboxylic acids is 2. The molecular formula is C23H31N3O3. The number of benzene rings is 2. The Labute approximate surface area is 173 Å². The molecule has 0 saturated heterocycles. The Hall–Kier alpha value is -2.70. The Morgan fingerprint density at radius 3 is 2.07 bits per heavy atom. The third kappa shape index (κ3) is 7.33. The first-order chi connectivity index (χ1) is 13.9. The van der Waals surface area contributed by atoms with E-state index in [1.165, 1.54) is 5.56 Å². The molecule has 29 heavy (non-hydrogen) atoms. The van der Waals surface area contributed by atoms with E-state index in [1.54, 1.807) is 12.1 Å². The third-order valence-corrected chi connectivity index (χ3v) is 4.74. The van der Waals surface area contributed by atoms with Crippen LogP contribution in [-0.2, 0) is 11.2 Å². The van der Waals surface area contributed by atoms with Crippen molar-refractivity contribution in [3.63, 3.8) is 0 Å². The van der Waals surface area contributed by atoms with Crippen molar-refractivity contribution in [3.05, 3.63) is 59.7 Å². The lowest BCUT2D eigenvalue weighted by Crippen LogP contribution is -2.36. The van der Waals surface area contributed by atoms with Crippen molar-refractivity contribution in [2.24, 2.45) is 0 Å². The first-order valence-corrected chi connectivity index (χ1v) is 10.0. The number of carbonyl (C=O) groups is 2. The number of aryl methyl sites for hydroxylation is 1. The van der Waals surface area contributed by atoms with Gasteiger partial charge in [-0.15, -0.1) is 0 Å². The fourth-order valence-electron chi connectivity index (χ4n) is 2.92. The molecule has 0 fully saturated rings. The number of rotatable bonds is 10. The van der Waals surface area contributed by atoms with Crippen molar-refractivity contribution in [3.8, 4) is 11.1 Å². The molecule has 0 saturated carbocycles. The lowest BCUT2D eigenvalue weighted by Gasteiger charge is -2.16. The van der Waals surface area contributed by atoms with Crippen molar-refractivity contribution in [1.29, 1.82) is 0 Å². The van der Waals surface area contributed by atoms with Crippen LogP contribution < -0.4 is 5.32 Å². The van der Waals surface area contributed by atoms with Gasteiger partial charge in [-0.1, -0.05) is 43.3 Å². The van der Waals surface area contributed by atoms with Gasteiger partial charge in [-0.05, 0) is 62.3 Å². The summed E-state index contributed by atoms with van der Waals surface area (Å²) in [5.74, 6) is -0.564. The predicted octanol–water partition coefficient (Wildman–Crippen LogP) is 3.21. The maximum absolute atomic E-state index is 12.3. The standard InChI is InChI=1S/C23H31N3O3/c1-4-18-7-9-19(10-8-18)20-11-13-21(14-12-20)23(28)24-15-17-26(29)22(27)6-5-16-25(2)3/h7-14,29H,4-6,15-17H2,1-3H3,(H,24,28). The van der Waals surface area contributed by atoms with E-state index in [4.69, 9.17) is 0 Å². The highest BCUT2D eigenvalue weighted by Gasteiger charge is 2.12. The second kappa shape index (κ2) is 11.3. The first-order valence-electron chi connectivity index (χ1n) is 10.0. The summed E-state index contributed by atoms with van der Waals surface area (Å²) in [6.07, 6.45) is 1.97. The van der Waals surface area contributed by atoms with Crippen LogP contribution in [0.3, 0.4) is 0 Å². The molecule has 0 aliphatic rings. The molecule has 2 N–H and O–H groups in total. The summed E-state index contributed by atoms with van der Waals surface area (Å²) in [7, 11) is 3.87. The Kier molecular flexibility index (Phi) is 8.83. The minimum absolute atomic E-state index is 0.0639. The normalized spacial score (nSPS) is 10.8. The molecule has 156 valence electrons. The zero-order chi connectivity index (χ0) is 21.2. The van der Waals surface area contributed by atoms with Gasteiger partial charge in [0.2, 0.25) is 5.91 Å². The van der Waals surface area contributed by atoms with Crippen LogP contribution in [0.2, 0.25) is 0 Å². The topological polar surface area (TPSA) is 72.9 Å². The average Bonchev–Trinajstić information content (AvgIpc) is 2.73. The quantitative estimate of drug-likeness (QED) is 0.477. The summed E-state index contributed by atoms with van der Waals surface area (Å²) < 4.78 is 0. The molecule has 0 unspecified atom stereocenters. The maximum atomic E-state index is 12.3. The van der Waals surface area contributed by atoms with Crippen LogP contribution in [0.4, 0.5) is 0 Å². The van der Waals surface area contributed by atoms with Crippen molar-refractivity contribution in [2.75, 3.05) is 33.7 Å². The summed E-state index contributed by atoms with van der Waals surface area (Å²) in [5.41, 5.74) is 3.99. The van der Waals surface area contributed by atoms with Gasteiger partial charge < -0.3 is 10.2 Å². The van der Waals surface area contributed by atoms with Gasteiger partial charge in [-0.25, -0.2) is 5.06 Å². The molecule has 0 aliphatic carbocycles. The van der Waals surface area contributed by atoms with Crippen molar-refractivity contribution in [2.45, 2.75) is 26.2 Å². The number of hydroxylamine groups is 2. The van der Waals surface area contributed by atoms with E-state index in [0.29, 0.717) is 17.0 Å². The van der Waals surface area contributed by atoms with Crippen LogP contribution in [-0.4, -0.2) is 60.7 Å². The van der Waals surface area contributed by atoms with Crippen molar-refractivity contribution < 1.29 is 14.8 Å². The van der Waals surface area contributed by atoms with Gasteiger partial charge in [0.25, 0.3) is 5.91 Å². The number of nitrogens with one attached hydrogen (secondary N) is 1.